The number of nitrogens with one attached hydrogen (secondary N) is 1. The highest BCUT2D eigenvalue weighted by Crippen LogP contribution is 2.22. The van der Waals surface area contributed by atoms with Crippen molar-refractivity contribution < 1.29 is 9.90 Å². The van der Waals surface area contributed by atoms with Crippen molar-refractivity contribution in [1.29, 1.82) is 0 Å². The molecule has 0 saturated heterocycles. The van der Waals surface area contributed by atoms with Gasteiger partial charge in [0.2, 0.25) is 0 Å². The number of para-hydroxylation sites is 1. The van der Waals surface area contributed by atoms with Crippen molar-refractivity contribution in [3.8, 4) is 0 Å². The van der Waals surface area contributed by atoms with Gasteiger partial charge in [-0.3, -0.25) is 4.79 Å². The summed E-state index contributed by atoms with van der Waals surface area (Å²) in [6.45, 7) is 3.71. The third kappa shape index (κ3) is 3.33. The number of benzene rings is 2. The number of hydrogen-bond donors (Lipinski definition) is 2. The molecule has 2 N–H and O–H groups in total. The molecule has 0 aromatic heterocycles. The van der Waals surface area contributed by atoms with Gasteiger partial charge in [0, 0.05) is 11.6 Å². The summed E-state index contributed by atoms with van der Waals surface area (Å²) < 4.78 is 0. The molecule has 0 aliphatic rings. The molecule has 1 amide bonds. The van der Waals surface area contributed by atoms with Crippen molar-refractivity contribution in [2.45, 2.75) is 12.0 Å². The van der Waals surface area contributed by atoms with E-state index in [0.717, 1.165) is 5.56 Å². The van der Waals surface area contributed by atoms with Crippen molar-refractivity contribution >= 4 is 11.6 Å². The lowest BCUT2D eigenvalue weighted by Crippen LogP contribution is -2.32. The van der Waals surface area contributed by atoms with E-state index in [1.54, 1.807) is 18.2 Å². The number of carbonyl (C=O) groups excluding carboxylic acids is 1. The Morgan fingerprint density at radius 3 is 2.15 bits per heavy atom. The van der Waals surface area contributed by atoms with Crippen molar-refractivity contribution in [2.24, 2.45) is 0 Å². The van der Waals surface area contributed by atoms with Gasteiger partial charge in [-0.1, -0.05) is 54.6 Å². The molecule has 0 heterocycles. The second-order valence-corrected chi connectivity index (χ2v) is 4.47. The molecule has 2 aromatic carbocycles. The van der Waals surface area contributed by atoms with E-state index in [1.165, 1.54) is 0 Å². The van der Waals surface area contributed by atoms with Crippen LogP contribution in [-0.4, -0.2) is 17.1 Å². The van der Waals surface area contributed by atoms with E-state index in [4.69, 9.17) is 0 Å². The SMILES string of the molecule is C=C[C@H](c1ccccc1)[C@H](O)C(=O)Nc1ccccc1. The molecule has 2 aromatic rings. The number of aliphatic hydroxyl groups excluding tert-OH is 1. The molecular formula is C17H17NO2. The van der Waals surface area contributed by atoms with Crippen LogP contribution in [0.25, 0.3) is 0 Å². The molecule has 0 bridgehead atoms. The Bertz CT molecular complexity index is 566. The minimum Gasteiger partial charge on any atom is -0.382 e. The number of rotatable bonds is 5. The average molecular weight is 267 g/mol. The van der Waals surface area contributed by atoms with Gasteiger partial charge >= 0.3 is 0 Å². The van der Waals surface area contributed by atoms with Gasteiger partial charge in [0.05, 0.1) is 0 Å². The topological polar surface area (TPSA) is 49.3 Å². The molecule has 3 heteroatoms. The van der Waals surface area contributed by atoms with Crippen molar-refractivity contribution in [2.75, 3.05) is 5.32 Å². The van der Waals surface area contributed by atoms with Gasteiger partial charge in [0.1, 0.15) is 6.10 Å². The second-order valence-electron chi connectivity index (χ2n) is 4.47. The zero-order valence-electron chi connectivity index (χ0n) is 11.1. The second kappa shape index (κ2) is 6.68. The average Bonchev–Trinajstić information content (AvgIpc) is 2.50. The predicted molar refractivity (Wildman–Crippen MR) is 80.5 cm³/mol. The number of anilines is 1. The van der Waals surface area contributed by atoms with Crippen LogP contribution in [0.5, 0.6) is 0 Å². The first kappa shape index (κ1) is 14.0. The molecule has 20 heavy (non-hydrogen) atoms. The van der Waals surface area contributed by atoms with E-state index in [2.05, 4.69) is 11.9 Å². The van der Waals surface area contributed by atoms with Gasteiger partial charge in [-0.05, 0) is 17.7 Å². The molecule has 3 nitrogen and oxygen atoms in total. The molecular weight excluding hydrogens is 250 g/mol. The Morgan fingerprint density at radius 1 is 1.05 bits per heavy atom. The number of carbonyl (C=O) groups is 1. The zero-order valence-corrected chi connectivity index (χ0v) is 11.1. The minimum atomic E-state index is -1.17. The molecule has 0 aliphatic carbocycles. The highest BCUT2D eigenvalue weighted by atomic mass is 16.3. The number of aliphatic hydroxyl groups is 1. The number of hydrogen-bond acceptors (Lipinski definition) is 2. The summed E-state index contributed by atoms with van der Waals surface area (Å²) >= 11 is 0. The van der Waals surface area contributed by atoms with Gasteiger partial charge in [-0.15, -0.1) is 6.58 Å². The van der Waals surface area contributed by atoms with Gasteiger partial charge in [-0.25, -0.2) is 0 Å². The fourth-order valence-electron chi connectivity index (χ4n) is 2.02. The standard InChI is InChI=1S/C17H17NO2/c1-2-15(13-9-5-3-6-10-13)16(19)17(20)18-14-11-7-4-8-12-14/h2-12,15-16,19H,1H2,(H,18,20)/t15-,16+/m1/s1. The van der Waals surface area contributed by atoms with Crippen molar-refractivity contribution in [3.05, 3.63) is 78.9 Å². The van der Waals surface area contributed by atoms with E-state index in [1.807, 2.05) is 48.5 Å². The quantitative estimate of drug-likeness (QED) is 0.818. The molecule has 2 atom stereocenters. The smallest absolute Gasteiger partial charge is 0.254 e. The van der Waals surface area contributed by atoms with Crippen LogP contribution in [0.1, 0.15) is 11.5 Å². The normalized spacial score (nSPS) is 13.2. The van der Waals surface area contributed by atoms with E-state index >= 15 is 0 Å². The molecule has 0 spiro atoms. The Kier molecular flexibility index (Phi) is 4.69. The minimum absolute atomic E-state index is 0.431. The van der Waals surface area contributed by atoms with Crippen LogP contribution < -0.4 is 5.32 Å². The molecule has 0 radical (unpaired) electrons. The third-order valence-electron chi connectivity index (χ3n) is 3.09. The molecule has 0 saturated carbocycles. The first-order valence-corrected chi connectivity index (χ1v) is 6.44. The summed E-state index contributed by atoms with van der Waals surface area (Å²) in [5.41, 5.74) is 1.52. The van der Waals surface area contributed by atoms with Crippen molar-refractivity contribution in [1.82, 2.24) is 0 Å². The zero-order chi connectivity index (χ0) is 14.4. The summed E-state index contributed by atoms with van der Waals surface area (Å²) in [5, 5.41) is 12.9. The third-order valence-corrected chi connectivity index (χ3v) is 3.09. The summed E-state index contributed by atoms with van der Waals surface area (Å²) in [5.74, 6) is -0.870. The number of amides is 1. The van der Waals surface area contributed by atoms with Gasteiger partial charge in [0.25, 0.3) is 5.91 Å². The first-order valence-electron chi connectivity index (χ1n) is 6.44. The van der Waals surface area contributed by atoms with Crippen LogP contribution in [0.15, 0.2) is 73.3 Å². The molecule has 102 valence electrons. The maximum atomic E-state index is 12.1. The summed E-state index contributed by atoms with van der Waals surface area (Å²) in [4.78, 5) is 12.1. The highest BCUT2D eigenvalue weighted by molar-refractivity contribution is 5.94. The Balaban J connectivity index is 2.11. The van der Waals surface area contributed by atoms with Gasteiger partial charge in [-0.2, -0.15) is 0 Å². The lowest BCUT2D eigenvalue weighted by atomic mass is 9.93. The molecule has 0 fully saturated rings. The molecule has 0 aliphatic heterocycles. The maximum Gasteiger partial charge on any atom is 0.254 e. The van der Waals surface area contributed by atoms with E-state index in [9.17, 15) is 9.90 Å². The fraction of sp³-hybridized carbons (Fsp3) is 0.118. The van der Waals surface area contributed by atoms with Gasteiger partial charge < -0.3 is 10.4 Å². The summed E-state index contributed by atoms with van der Waals surface area (Å²) in [6.07, 6.45) is 0.417. The van der Waals surface area contributed by atoms with Gasteiger partial charge in [0.15, 0.2) is 0 Å². The monoisotopic (exact) mass is 267 g/mol. The lowest BCUT2D eigenvalue weighted by molar-refractivity contribution is -0.124. The van der Waals surface area contributed by atoms with E-state index in [-0.39, 0.29) is 0 Å². The Hall–Kier alpha value is -2.39. The van der Waals surface area contributed by atoms with Crippen LogP contribution >= 0.6 is 0 Å². The predicted octanol–water partition coefficient (Wildman–Crippen LogP) is 2.96. The highest BCUT2D eigenvalue weighted by Gasteiger charge is 2.25. The first-order chi connectivity index (χ1) is 9.72. The maximum absolute atomic E-state index is 12.1. The molecule has 0 unspecified atom stereocenters. The van der Waals surface area contributed by atoms with Crippen LogP contribution in [0, 0.1) is 0 Å². The van der Waals surface area contributed by atoms with Crippen LogP contribution in [0.3, 0.4) is 0 Å². The summed E-state index contributed by atoms with van der Waals surface area (Å²) in [6, 6.07) is 18.4. The van der Waals surface area contributed by atoms with Crippen LogP contribution in [-0.2, 0) is 4.79 Å². The van der Waals surface area contributed by atoms with E-state index in [0.29, 0.717) is 5.69 Å². The fourth-order valence-corrected chi connectivity index (χ4v) is 2.02. The Labute approximate surface area is 118 Å². The van der Waals surface area contributed by atoms with Crippen LogP contribution in [0.4, 0.5) is 5.69 Å². The van der Waals surface area contributed by atoms with Crippen LogP contribution in [0.2, 0.25) is 0 Å². The Morgan fingerprint density at radius 2 is 1.60 bits per heavy atom. The largest absolute Gasteiger partial charge is 0.382 e. The lowest BCUT2D eigenvalue weighted by Gasteiger charge is -2.19. The summed E-state index contributed by atoms with van der Waals surface area (Å²) in [7, 11) is 0. The molecule has 2 rings (SSSR count). The van der Waals surface area contributed by atoms with Crippen molar-refractivity contribution in [3.63, 3.8) is 0 Å². The van der Waals surface area contributed by atoms with E-state index < -0.39 is 17.9 Å².